The van der Waals surface area contributed by atoms with Gasteiger partial charge in [-0.25, -0.2) is 4.98 Å². The molecule has 2 heterocycles. The van der Waals surface area contributed by atoms with Crippen molar-refractivity contribution < 1.29 is 0 Å². The van der Waals surface area contributed by atoms with E-state index in [1.54, 1.807) is 11.3 Å². The summed E-state index contributed by atoms with van der Waals surface area (Å²) in [6.45, 7) is 5.04. The van der Waals surface area contributed by atoms with Gasteiger partial charge in [0, 0.05) is 27.4 Å². The van der Waals surface area contributed by atoms with Gasteiger partial charge >= 0.3 is 0 Å². The lowest BCUT2D eigenvalue weighted by atomic mass is 10.0. The largest absolute Gasteiger partial charge is 0.305 e. The summed E-state index contributed by atoms with van der Waals surface area (Å²) in [5.41, 5.74) is 2.49. The zero-order valence-corrected chi connectivity index (χ0v) is 14.0. The molecule has 1 aliphatic rings. The number of fused-ring (bicyclic) bond motifs is 1. The number of hydrogen-bond acceptors (Lipinski definition) is 4. The maximum absolute atomic E-state index is 6.14. The lowest BCUT2D eigenvalue weighted by molar-refractivity contribution is 0.512. The van der Waals surface area contributed by atoms with Gasteiger partial charge < -0.3 is 5.32 Å². The Bertz CT molecular complexity index is 624. The fourth-order valence-corrected chi connectivity index (χ4v) is 4.70. The van der Waals surface area contributed by atoms with Crippen molar-refractivity contribution >= 4 is 34.7 Å². The van der Waals surface area contributed by atoms with Gasteiger partial charge in [-0.15, -0.1) is 23.1 Å². The maximum atomic E-state index is 6.14. The number of benzene rings is 1. The number of aryl methyl sites for hydroxylation is 2. The first kappa shape index (κ1) is 14.4. The van der Waals surface area contributed by atoms with E-state index in [-0.39, 0.29) is 0 Å². The Morgan fingerprint density at radius 2 is 2.25 bits per heavy atom. The van der Waals surface area contributed by atoms with Gasteiger partial charge in [-0.2, -0.15) is 0 Å². The lowest BCUT2D eigenvalue weighted by Crippen LogP contribution is -2.24. The van der Waals surface area contributed by atoms with Crippen molar-refractivity contribution in [3.05, 3.63) is 44.4 Å². The van der Waals surface area contributed by atoms with Crippen molar-refractivity contribution in [2.75, 3.05) is 5.75 Å². The van der Waals surface area contributed by atoms with Gasteiger partial charge in [-0.05, 0) is 49.8 Å². The Kier molecular flexibility index (Phi) is 4.36. The van der Waals surface area contributed by atoms with Crippen LogP contribution in [0.15, 0.2) is 23.1 Å². The van der Waals surface area contributed by atoms with Gasteiger partial charge in [0.15, 0.2) is 0 Å². The molecule has 0 saturated heterocycles. The van der Waals surface area contributed by atoms with E-state index in [0.717, 1.165) is 34.4 Å². The molecule has 0 radical (unpaired) electrons. The van der Waals surface area contributed by atoms with Gasteiger partial charge in [-0.3, -0.25) is 0 Å². The molecule has 1 aliphatic heterocycles. The van der Waals surface area contributed by atoms with E-state index in [2.05, 4.69) is 36.3 Å². The highest BCUT2D eigenvalue weighted by Crippen LogP contribution is 2.37. The standard InChI is InChI=1S/C15H17ClN2S2/c1-9-15(20-10(2)18-9)8-17-13-5-6-19-14-4-3-11(16)7-12(13)14/h3-4,7,13,17H,5-6,8H2,1-2H3. The summed E-state index contributed by atoms with van der Waals surface area (Å²) in [7, 11) is 0. The third-order valence-electron chi connectivity index (χ3n) is 3.52. The first-order valence-electron chi connectivity index (χ1n) is 6.72. The highest BCUT2D eigenvalue weighted by Gasteiger charge is 2.21. The molecule has 1 aromatic carbocycles. The molecule has 1 unspecified atom stereocenters. The highest BCUT2D eigenvalue weighted by molar-refractivity contribution is 7.99. The van der Waals surface area contributed by atoms with Gasteiger partial charge in [0.2, 0.25) is 0 Å². The molecular weight excluding hydrogens is 308 g/mol. The summed E-state index contributed by atoms with van der Waals surface area (Å²) in [4.78, 5) is 7.18. The second-order valence-electron chi connectivity index (χ2n) is 4.99. The van der Waals surface area contributed by atoms with E-state index in [9.17, 15) is 0 Å². The Morgan fingerprint density at radius 1 is 1.40 bits per heavy atom. The number of hydrogen-bond donors (Lipinski definition) is 1. The van der Waals surface area contributed by atoms with Crippen LogP contribution < -0.4 is 5.32 Å². The average Bonchev–Trinajstić information content (AvgIpc) is 2.74. The Hall–Kier alpha value is -0.550. The van der Waals surface area contributed by atoms with E-state index >= 15 is 0 Å². The molecule has 1 atom stereocenters. The Morgan fingerprint density at radius 3 is 3.00 bits per heavy atom. The molecule has 0 amide bonds. The second kappa shape index (κ2) is 6.06. The predicted molar refractivity (Wildman–Crippen MR) is 88.0 cm³/mol. The first-order chi connectivity index (χ1) is 9.63. The number of nitrogens with zero attached hydrogens (tertiary/aromatic N) is 1. The second-order valence-corrected chi connectivity index (χ2v) is 7.86. The average molecular weight is 325 g/mol. The van der Waals surface area contributed by atoms with Crippen LogP contribution in [0.5, 0.6) is 0 Å². The molecule has 1 N–H and O–H groups in total. The van der Waals surface area contributed by atoms with Gasteiger partial charge in [0.05, 0.1) is 10.7 Å². The molecule has 1 aromatic heterocycles. The number of rotatable bonds is 3. The van der Waals surface area contributed by atoms with Crippen LogP contribution in [0.25, 0.3) is 0 Å². The first-order valence-corrected chi connectivity index (χ1v) is 8.90. The molecule has 3 rings (SSSR count). The third-order valence-corrected chi connectivity index (χ3v) is 5.95. The maximum Gasteiger partial charge on any atom is 0.0900 e. The molecule has 0 aliphatic carbocycles. The van der Waals surface area contributed by atoms with Crippen molar-refractivity contribution in [1.82, 2.24) is 10.3 Å². The van der Waals surface area contributed by atoms with Gasteiger partial charge in [0.25, 0.3) is 0 Å². The van der Waals surface area contributed by atoms with E-state index in [1.807, 2.05) is 17.8 Å². The summed E-state index contributed by atoms with van der Waals surface area (Å²) in [5, 5.41) is 5.64. The lowest BCUT2D eigenvalue weighted by Gasteiger charge is -2.26. The van der Waals surface area contributed by atoms with Crippen LogP contribution in [0.2, 0.25) is 5.02 Å². The van der Waals surface area contributed by atoms with E-state index in [1.165, 1.54) is 15.3 Å². The Balaban J connectivity index is 1.76. The number of nitrogens with one attached hydrogen (secondary N) is 1. The molecule has 0 spiro atoms. The van der Waals surface area contributed by atoms with Crippen molar-refractivity contribution in [1.29, 1.82) is 0 Å². The fraction of sp³-hybridized carbons (Fsp3) is 0.400. The van der Waals surface area contributed by atoms with Crippen molar-refractivity contribution in [2.45, 2.75) is 37.8 Å². The quantitative estimate of drug-likeness (QED) is 0.882. The van der Waals surface area contributed by atoms with E-state index in [0.29, 0.717) is 6.04 Å². The number of aromatic nitrogens is 1. The van der Waals surface area contributed by atoms with Crippen LogP contribution in [0.3, 0.4) is 0 Å². The molecule has 5 heteroatoms. The van der Waals surface area contributed by atoms with E-state index < -0.39 is 0 Å². The minimum Gasteiger partial charge on any atom is -0.305 e. The number of thioether (sulfide) groups is 1. The molecule has 20 heavy (non-hydrogen) atoms. The molecule has 0 fully saturated rings. The highest BCUT2D eigenvalue weighted by atomic mass is 35.5. The number of thiazole rings is 1. The summed E-state index contributed by atoms with van der Waals surface area (Å²) in [6, 6.07) is 6.61. The summed E-state index contributed by atoms with van der Waals surface area (Å²) in [6.07, 6.45) is 1.15. The minimum atomic E-state index is 0.395. The van der Waals surface area contributed by atoms with Crippen LogP contribution >= 0.6 is 34.7 Å². The predicted octanol–water partition coefficient (Wildman–Crippen LogP) is 4.74. The molecule has 2 aromatic rings. The summed E-state index contributed by atoms with van der Waals surface area (Å²) >= 11 is 9.85. The molecule has 0 saturated carbocycles. The van der Waals surface area contributed by atoms with Gasteiger partial charge in [-0.1, -0.05) is 11.6 Å². The molecule has 0 bridgehead atoms. The van der Waals surface area contributed by atoms with Crippen LogP contribution in [0.1, 0.15) is 33.6 Å². The van der Waals surface area contributed by atoms with Crippen LogP contribution in [0, 0.1) is 13.8 Å². The minimum absolute atomic E-state index is 0.395. The fourth-order valence-electron chi connectivity index (χ4n) is 2.53. The zero-order valence-electron chi connectivity index (χ0n) is 11.6. The molecular formula is C15H17ClN2S2. The summed E-state index contributed by atoms with van der Waals surface area (Å²) < 4.78 is 0. The third kappa shape index (κ3) is 3.03. The van der Waals surface area contributed by atoms with E-state index in [4.69, 9.17) is 11.6 Å². The number of halogens is 1. The monoisotopic (exact) mass is 324 g/mol. The normalized spacial score (nSPS) is 18.1. The zero-order chi connectivity index (χ0) is 14.1. The molecule has 106 valence electrons. The van der Waals surface area contributed by atoms with Crippen LogP contribution in [-0.4, -0.2) is 10.7 Å². The van der Waals surface area contributed by atoms with Crippen LogP contribution in [0.4, 0.5) is 0 Å². The summed E-state index contributed by atoms with van der Waals surface area (Å²) in [5.74, 6) is 1.16. The SMILES string of the molecule is Cc1nc(C)c(CNC2CCSc3ccc(Cl)cc32)s1. The smallest absolute Gasteiger partial charge is 0.0900 e. The van der Waals surface area contributed by atoms with Crippen molar-refractivity contribution in [3.63, 3.8) is 0 Å². The molecule has 2 nitrogen and oxygen atoms in total. The van der Waals surface area contributed by atoms with Crippen LogP contribution in [-0.2, 0) is 6.54 Å². The van der Waals surface area contributed by atoms with Crippen molar-refractivity contribution in [2.24, 2.45) is 0 Å². The van der Waals surface area contributed by atoms with Gasteiger partial charge in [0.1, 0.15) is 0 Å². The Labute approximate surface area is 133 Å². The van der Waals surface area contributed by atoms with Crippen molar-refractivity contribution in [3.8, 4) is 0 Å². The topological polar surface area (TPSA) is 24.9 Å².